The summed E-state index contributed by atoms with van der Waals surface area (Å²) in [5.41, 5.74) is 2.65. The Hall–Kier alpha value is -1.03. The van der Waals surface area contributed by atoms with Crippen molar-refractivity contribution in [2.75, 3.05) is 6.54 Å². The van der Waals surface area contributed by atoms with E-state index in [-0.39, 0.29) is 0 Å². The van der Waals surface area contributed by atoms with Crippen LogP contribution in [0.3, 0.4) is 0 Å². The zero-order valence-corrected chi connectivity index (χ0v) is 12.7. The van der Waals surface area contributed by atoms with Crippen molar-refractivity contribution in [2.24, 2.45) is 0 Å². The minimum atomic E-state index is 0.668. The van der Waals surface area contributed by atoms with E-state index in [1.165, 1.54) is 16.0 Å². The predicted octanol–water partition coefficient (Wildman–Crippen LogP) is 4.30. The van der Waals surface area contributed by atoms with Crippen LogP contribution in [0.4, 0.5) is 0 Å². The second kappa shape index (κ2) is 6.94. The first-order chi connectivity index (χ1) is 9.19. The molecule has 2 rings (SSSR count). The third kappa shape index (κ3) is 4.23. The molecule has 2 aromatic rings. The number of aryl methyl sites for hydroxylation is 1. The number of pyridine rings is 1. The number of rotatable bonds is 5. The van der Waals surface area contributed by atoms with Crippen LogP contribution >= 0.6 is 23.4 Å². The van der Waals surface area contributed by atoms with Crippen LogP contribution in [-0.2, 0) is 6.54 Å². The molecule has 2 nitrogen and oxygen atoms in total. The van der Waals surface area contributed by atoms with Crippen molar-refractivity contribution >= 4 is 23.4 Å². The van der Waals surface area contributed by atoms with Crippen molar-refractivity contribution in [1.29, 1.82) is 0 Å². The van der Waals surface area contributed by atoms with Gasteiger partial charge in [0.2, 0.25) is 0 Å². The van der Waals surface area contributed by atoms with Gasteiger partial charge in [-0.25, -0.2) is 4.98 Å². The maximum Gasteiger partial charge on any atom is 0.101 e. The molecule has 0 aliphatic carbocycles. The highest BCUT2D eigenvalue weighted by Gasteiger charge is 2.03. The van der Waals surface area contributed by atoms with Crippen molar-refractivity contribution in [1.82, 2.24) is 10.3 Å². The average molecular weight is 293 g/mol. The maximum atomic E-state index is 5.83. The van der Waals surface area contributed by atoms with Crippen LogP contribution in [0.15, 0.2) is 46.5 Å². The maximum absolute atomic E-state index is 5.83. The van der Waals surface area contributed by atoms with Crippen LogP contribution in [-0.4, -0.2) is 11.5 Å². The third-order valence-corrected chi connectivity index (χ3v) is 3.97. The lowest BCUT2D eigenvalue weighted by atomic mass is 10.1. The fourth-order valence-corrected chi connectivity index (χ4v) is 2.70. The standard InChI is InChI=1S/C15H17ClN2S/c1-3-17-9-12-4-6-14(8-11(12)2)19-15-7-5-13(16)10-18-15/h4-8,10,17H,3,9H2,1-2H3. The lowest BCUT2D eigenvalue weighted by Crippen LogP contribution is -2.12. The van der Waals surface area contributed by atoms with E-state index in [0.717, 1.165) is 18.1 Å². The van der Waals surface area contributed by atoms with Gasteiger partial charge in [-0.3, -0.25) is 0 Å². The van der Waals surface area contributed by atoms with Gasteiger partial charge in [0.1, 0.15) is 5.03 Å². The molecule has 0 atom stereocenters. The summed E-state index contributed by atoms with van der Waals surface area (Å²) in [5.74, 6) is 0. The summed E-state index contributed by atoms with van der Waals surface area (Å²) >= 11 is 7.48. The quantitative estimate of drug-likeness (QED) is 0.889. The van der Waals surface area contributed by atoms with Crippen molar-refractivity contribution in [3.05, 3.63) is 52.7 Å². The van der Waals surface area contributed by atoms with Crippen LogP contribution in [0, 0.1) is 6.92 Å². The van der Waals surface area contributed by atoms with Gasteiger partial charge in [0, 0.05) is 17.6 Å². The number of hydrogen-bond donors (Lipinski definition) is 1. The lowest BCUT2D eigenvalue weighted by Gasteiger charge is -2.08. The molecule has 1 N–H and O–H groups in total. The molecule has 0 aliphatic rings. The van der Waals surface area contributed by atoms with Crippen molar-refractivity contribution in [3.63, 3.8) is 0 Å². The van der Waals surface area contributed by atoms with E-state index in [4.69, 9.17) is 11.6 Å². The molecule has 100 valence electrons. The summed E-state index contributed by atoms with van der Waals surface area (Å²) in [5, 5.41) is 4.98. The van der Waals surface area contributed by atoms with Crippen molar-refractivity contribution < 1.29 is 0 Å². The molecule has 0 amide bonds. The highest BCUT2D eigenvalue weighted by molar-refractivity contribution is 7.99. The van der Waals surface area contributed by atoms with Gasteiger partial charge in [-0.15, -0.1) is 0 Å². The molecule has 0 aliphatic heterocycles. The Labute approximate surface area is 123 Å². The smallest absolute Gasteiger partial charge is 0.101 e. The predicted molar refractivity (Wildman–Crippen MR) is 81.9 cm³/mol. The summed E-state index contributed by atoms with van der Waals surface area (Å²) in [6.45, 7) is 6.18. The zero-order chi connectivity index (χ0) is 13.7. The number of halogens is 1. The van der Waals surface area contributed by atoms with Crippen LogP contribution in [0.5, 0.6) is 0 Å². The molecule has 0 spiro atoms. The molecule has 1 heterocycles. The van der Waals surface area contributed by atoms with E-state index in [0.29, 0.717) is 5.02 Å². The highest BCUT2D eigenvalue weighted by atomic mass is 35.5. The molecule has 1 aromatic heterocycles. The Kier molecular flexibility index (Phi) is 5.25. The topological polar surface area (TPSA) is 24.9 Å². The molecule has 0 fully saturated rings. The van der Waals surface area contributed by atoms with Gasteiger partial charge < -0.3 is 5.32 Å². The Balaban J connectivity index is 2.09. The Morgan fingerprint density at radius 2 is 2.11 bits per heavy atom. The van der Waals surface area contributed by atoms with E-state index in [1.54, 1.807) is 18.0 Å². The van der Waals surface area contributed by atoms with E-state index < -0.39 is 0 Å². The van der Waals surface area contributed by atoms with E-state index >= 15 is 0 Å². The highest BCUT2D eigenvalue weighted by Crippen LogP contribution is 2.28. The van der Waals surface area contributed by atoms with Crippen LogP contribution in [0.25, 0.3) is 0 Å². The summed E-state index contributed by atoms with van der Waals surface area (Å²) in [6.07, 6.45) is 1.68. The molecule has 4 heteroatoms. The van der Waals surface area contributed by atoms with Crippen molar-refractivity contribution in [3.8, 4) is 0 Å². The van der Waals surface area contributed by atoms with Gasteiger partial charge in [-0.2, -0.15) is 0 Å². The first kappa shape index (κ1) is 14.4. The van der Waals surface area contributed by atoms with E-state index in [1.807, 2.05) is 12.1 Å². The Bertz CT molecular complexity index is 540. The first-order valence-corrected chi connectivity index (χ1v) is 7.48. The largest absolute Gasteiger partial charge is 0.313 e. The summed E-state index contributed by atoms with van der Waals surface area (Å²) < 4.78 is 0. The fraction of sp³-hybridized carbons (Fsp3) is 0.267. The van der Waals surface area contributed by atoms with Crippen LogP contribution < -0.4 is 5.32 Å². The Morgan fingerprint density at radius 3 is 2.74 bits per heavy atom. The molecule has 0 unspecified atom stereocenters. The van der Waals surface area contributed by atoms with Gasteiger partial charge in [0.25, 0.3) is 0 Å². The summed E-state index contributed by atoms with van der Waals surface area (Å²) in [4.78, 5) is 5.50. The monoisotopic (exact) mass is 292 g/mol. The Morgan fingerprint density at radius 1 is 1.26 bits per heavy atom. The normalized spacial score (nSPS) is 10.7. The second-order valence-corrected chi connectivity index (χ2v) is 5.82. The molecular weight excluding hydrogens is 276 g/mol. The molecule has 0 saturated carbocycles. The minimum Gasteiger partial charge on any atom is -0.313 e. The van der Waals surface area contributed by atoms with Crippen molar-refractivity contribution in [2.45, 2.75) is 30.3 Å². The van der Waals surface area contributed by atoms with Gasteiger partial charge in [0.05, 0.1) is 5.02 Å². The van der Waals surface area contributed by atoms with Gasteiger partial charge in [-0.05, 0) is 48.9 Å². The molecule has 0 bridgehead atoms. The number of nitrogens with zero attached hydrogens (tertiary/aromatic N) is 1. The van der Waals surface area contributed by atoms with Crippen LogP contribution in [0.2, 0.25) is 5.02 Å². The third-order valence-electron chi connectivity index (χ3n) is 2.80. The van der Waals surface area contributed by atoms with Crippen LogP contribution in [0.1, 0.15) is 18.1 Å². The molecule has 0 saturated heterocycles. The molecule has 19 heavy (non-hydrogen) atoms. The van der Waals surface area contributed by atoms with Gasteiger partial charge in [0.15, 0.2) is 0 Å². The average Bonchev–Trinajstić information content (AvgIpc) is 2.41. The number of nitrogens with one attached hydrogen (secondary N) is 1. The molecule has 1 aromatic carbocycles. The minimum absolute atomic E-state index is 0.668. The molecule has 0 radical (unpaired) electrons. The fourth-order valence-electron chi connectivity index (χ4n) is 1.73. The zero-order valence-electron chi connectivity index (χ0n) is 11.1. The van der Waals surface area contributed by atoms with E-state index in [9.17, 15) is 0 Å². The first-order valence-electron chi connectivity index (χ1n) is 6.28. The number of aromatic nitrogens is 1. The van der Waals surface area contributed by atoms with E-state index in [2.05, 4.69) is 42.3 Å². The summed E-state index contributed by atoms with van der Waals surface area (Å²) in [7, 11) is 0. The number of hydrogen-bond acceptors (Lipinski definition) is 3. The van der Waals surface area contributed by atoms with Gasteiger partial charge in [-0.1, -0.05) is 36.4 Å². The SMILES string of the molecule is CCNCc1ccc(Sc2ccc(Cl)cn2)cc1C. The molecular formula is C15H17ClN2S. The second-order valence-electron chi connectivity index (χ2n) is 4.29. The lowest BCUT2D eigenvalue weighted by molar-refractivity contribution is 0.723. The summed E-state index contributed by atoms with van der Waals surface area (Å²) in [6, 6.07) is 10.3. The van der Waals surface area contributed by atoms with Gasteiger partial charge >= 0.3 is 0 Å². The number of benzene rings is 1.